The van der Waals surface area contributed by atoms with Crippen LogP contribution in [0.1, 0.15) is 0 Å². The molecule has 0 atom stereocenters. The molecular formula is C70H46N2S. The standard InChI is InChI=1S/C70H46N2S/c1-3-16-48(17-4-1)57-21-9-11-24-61(57)62-25-12-10-22-58(62)50-32-40-55(41-33-50)71(56-42-34-51(35-43-56)60-27-15-28-66-64-26-13-14-29-68(64)73-70(60)66)54-38-30-47(31-39-54)52-37-44-63-65-45-36-49-18-7-8-23-59(49)69(65)72(67(63)46-52)53-19-5-2-6-20-53/h1-46H. The number of benzene rings is 12. The van der Waals surface area contributed by atoms with Gasteiger partial charge in [0.05, 0.1) is 11.0 Å². The molecule has 14 rings (SSSR count). The zero-order valence-electron chi connectivity index (χ0n) is 39.9. The molecule has 0 aliphatic rings. The van der Waals surface area contributed by atoms with Crippen molar-refractivity contribution in [1.29, 1.82) is 0 Å². The van der Waals surface area contributed by atoms with Crippen LogP contribution in [-0.2, 0) is 0 Å². The Morgan fingerprint density at radius 1 is 0.288 bits per heavy atom. The van der Waals surface area contributed by atoms with E-state index in [-0.39, 0.29) is 0 Å². The van der Waals surface area contributed by atoms with Gasteiger partial charge in [0.1, 0.15) is 0 Å². The molecule has 12 aromatic carbocycles. The van der Waals surface area contributed by atoms with Gasteiger partial charge in [-0.2, -0.15) is 0 Å². The molecule has 0 radical (unpaired) electrons. The molecule has 2 nitrogen and oxygen atoms in total. The van der Waals surface area contributed by atoms with Gasteiger partial charge in [0, 0.05) is 59.1 Å². The zero-order chi connectivity index (χ0) is 48.2. The summed E-state index contributed by atoms with van der Waals surface area (Å²) in [6, 6.07) is 102. The topological polar surface area (TPSA) is 8.17 Å². The number of aromatic nitrogens is 1. The monoisotopic (exact) mass is 946 g/mol. The molecule has 14 aromatic rings. The summed E-state index contributed by atoms with van der Waals surface area (Å²) in [5.41, 5.74) is 18.9. The maximum atomic E-state index is 2.45. The summed E-state index contributed by atoms with van der Waals surface area (Å²) in [6.45, 7) is 0. The van der Waals surface area contributed by atoms with E-state index < -0.39 is 0 Å². The predicted molar refractivity (Wildman–Crippen MR) is 313 cm³/mol. The Balaban J connectivity index is 0.869. The first-order chi connectivity index (χ1) is 36.2. The van der Waals surface area contributed by atoms with Gasteiger partial charge in [-0.15, -0.1) is 11.3 Å². The molecule has 0 N–H and O–H groups in total. The number of thiophene rings is 1. The first kappa shape index (κ1) is 42.6. The molecule has 0 aliphatic heterocycles. The van der Waals surface area contributed by atoms with E-state index in [1.165, 1.54) is 103 Å². The van der Waals surface area contributed by atoms with Gasteiger partial charge in [-0.25, -0.2) is 0 Å². The predicted octanol–water partition coefficient (Wildman–Crippen LogP) is 20.1. The number of anilines is 3. The highest BCUT2D eigenvalue weighted by Crippen LogP contribution is 2.44. The number of fused-ring (bicyclic) bond motifs is 8. The molecule has 3 heteroatoms. The smallest absolute Gasteiger partial charge is 0.0619 e. The lowest BCUT2D eigenvalue weighted by molar-refractivity contribution is 1.19. The number of para-hydroxylation sites is 1. The van der Waals surface area contributed by atoms with Crippen LogP contribution in [0.5, 0.6) is 0 Å². The van der Waals surface area contributed by atoms with Crippen LogP contribution in [0.3, 0.4) is 0 Å². The van der Waals surface area contributed by atoms with Crippen molar-refractivity contribution in [3.63, 3.8) is 0 Å². The number of hydrogen-bond donors (Lipinski definition) is 0. The Bertz CT molecular complexity index is 4340. The van der Waals surface area contributed by atoms with E-state index in [1.54, 1.807) is 0 Å². The molecular weight excluding hydrogens is 901 g/mol. The van der Waals surface area contributed by atoms with Gasteiger partial charge in [-0.05, 0) is 122 Å². The molecule has 0 amide bonds. The fourth-order valence-electron chi connectivity index (χ4n) is 11.2. The lowest BCUT2D eigenvalue weighted by Crippen LogP contribution is -2.09. The highest BCUT2D eigenvalue weighted by molar-refractivity contribution is 7.26. The van der Waals surface area contributed by atoms with E-state index in [0.717, 1.165) is 28.3 Å². The third kappa shape index (κ3) is 7.40. The van der Waals surface area contributed by atoms with Gasteiger partial charge >= 0.3 is 0 Å². The lowest BCUT2D eigenvalue weighted by atomic mass is 9.89. The summed E-state index contributed by atoms with van der Waals surface area (Å²) in [5.74, 6) is 0. The Labute approximate surface area is 428 Å². The van der Waals surface area contributed by atoms with E-state index in [9.17, 15) is 0 Å². The molecule has 2 heterocycles. The number of rotatable bonds is 9. The van der Waals surface area contributed by atoms with Crippen molar-refractivity contribution < 1.29 is 0 Å². The fourth-order valence-corrected chi connectivity index (χ4v) is 12.4. The van der Waals surface area contributed by atoms with Crippen LogP contribution in [0.15, 0.2) is 279 Å². The summed E-state index contributed by atoms with van der Waals surface area (Å²) >= 11 is 1.87. The van der Waals surface area contributed by atoms with Crippen LogP contribution >= 0.6 is 11.3 Å². The van der Waals surface area contributed by atoms with E-state index in [1.807, 2.05) is 11.3 Å². The highest BCUT2D eigenvalue weighted by Gasteiger charge is 2.19. The minimum Gasteiger partial charge on any atom is -0.311 e. The van der Waals surface area contributed by atoms with Crippen molar-refractivity contribution in [2.75, 3.05) is 4.90 Å². The van der Waals surface area contributed by atoms with Gasteiger partial charge in [-0.1, -0.05) is 218 Å². The normalized spacial score (nSPS) is 11.6. The average Bonchev–Trinajstić information content (AvgIpc) is 4.02. The SMILES string of the molecule is c1ccc(-c2ccccc2-c2ccccc2-c2ccc(N(c3ccc(-c4ccc5c6ccc7ccccc7c6n(-c6ccccc6)c5c4)cc3)c3ccc(-c4cccc5c4sc4ccccc45)cc3)cc2)cc1. The molecule has 0 saturated carbocycles. The van der Waals surface area contributed by atoms with Crippen LogP contribution in [0.2, 0.25) is 0 Å². The van der Waals surface area contributed by atoms with Crippen molar-refractivity contribution >= 4 is 81.1 Å². The van der Waals surface area contributed by atoms with Gasteiger partial charge in [0.15, 0.2) is 0 Å². The van der Waals surface area contributed by atoms with E-state index in [2.05, 4.69) is 289 Å². The number of nitrogens with zero attached hydrogens (tertiary/aromatic N) is 2. The van der Waals surface area contributed by atoms with Crippen molar-refractivity contribution in [2.24, 2.45) is 0 Å². The summed E-state index contributed by atoms with van der Waals surface area (Å²) in [5, 5.41) is 7.62. The number of hydrogen-bond acceptors (Lipinski definition) is 2. The third-order valence-electron chi connectivity index (χ3n) is 14.6. The quantitative estimate of drug-likeness (QED) is 0.140. The maximum absolute atomic E-state index is 2.45. The van der Waals surface area contributed by atoms with Crippen molar-refractivity contribution in [2.45, 2.75) is 0 Å². The molecule has 342 valence electrons. The highest BCUT2D eigenvalue weighted by atomic mass is 32.1. The minimum atomic E-state index is 1.08. The lowest BCUT2D eigenvalue weighted by Gasteiger charge is -2.26. The first-order valence-corrected chi connectivity index (χ1v) is 25.8. The van der Waals surface area contributed by atoms with Crippen LogP contribution in [-0.4, -0.2) is 4.57 Å². The Kier molecular flexibility index (Phi) is 10.4. The largest absolute Gasteiger partial charge is 0.311 e. The van der Waals surface area contributed by atoms with Gasteiger partial charge in [0.2, 0.25) is 0 Å². The van der Waals surface area contributed by atoms with Crippen LogP contribution in [0.25, 0.3) is 114 Å². The summed E-state index contributed by atoms with van der Waals surface area (Å²) in [6.07, 6.45) is 0. The van der Waals surface area contributed by atoms with Gasteiger partial charge in [0.25, 0.3) is 0 Å². The second kappa shape index (κ2) is 17.8. The molecule has 0 spiro atoms. The third-order valence-corrected chi connectivity index (χ3v) is 15.9. The minimum absolute atomic E-state index is 1.08. The molecule has 0 fully saturated rings. The van der Waals surface area contributed by atoms with E-state index in [0.29, 0.717) is 0 Å². The second-order valence-electron chi connectivity index (χ2n) is 18.8. The van der Waals surface area contributed by atoms with E-state index >= 15 is 0 Å². The molecule has 0 bridgehead atoms. The van der Waals surface area contributed by atoms with Crippen molar-refractivity contribution in [3.05, 3.63) is 279 Å². The Morgan fingerprint density at radius 2 is 0.767 bits per heavy atom. The van der Waals surface area contributed by atoms with Crippen molar-refractivity contribution in [3.8, 4) is 61.3 Å². The fraction of sp³-hybridized carbons (Fsp3) is 0. The summed E-state index contributed by atoms with van der Waals surface area (Å²) < 4.78 is 5.08. The Morgan fingerprint density at radius 3 is 1.44 bits per heavy atom. The summed E-state index contributed by atoms with van der Waals surface area (Å²) in [7, 11) is 0. The van der Waals surface area contributed by atoms with Gasteiger partial charge in [-0.3, -0.25) is 0 Å². The Hall–Kier alpha value is -9.28. The average molecular weight is 947 g/mol. The van der Waals surface area contributed by atoms with Crippen LogP contribution in [0.4, 0.5) is 17.1 Å². The molecule has 0 unspecified atom stereocenters. The maximum Gasteiger partial charge on any atom is 0.0619 e. The molecule has 73 heavy (non-hydrogen) atoms. The molecule has 0 saturated heterocycles. The molecule has 2 aromatic heterocycles. The van der Waals surface area contributed by atoms with Gasteiger partial charge < -0.3 is 9.47 Å². The first-order valence-electron chi connectivity index (χ1n) is 25.0. The second-order valence-corrected chi connectivity index (χ2v) is 19.9. The molecule has 0 aliphatic carbocycles. The van der Waals surface area contributed by atoms with Crippen LogP contribution in [0, 0.1) is 0 Å². The zero-order valence-corrected chi connectivity index (χ0v) is 40.7. The van der Waals surface area contributed by atoms with E-state index in [4.69, 9.17) is 0 Å². The van der Waals surface area contributed by atoms with Crippen molar-refractivity contribution in [1.82, 2.24) is 4.57 Å². The van der Waals surface area contributed by atoms with Crippen LogP contribution < -0.4 is 4.90 Å². The summed E-state index contributed by atoms with van der Waals surface area (Å²) in [4.78, 5) is 2.38.